The smallest absolute Gasteiger partial charge is 0.255 e. The summed E-state index contributed by atoms with van der Waals surface area (Å²) in [6.45, 7) is 0.356. The Kier molecular flexibility index (Phi) is 7.67. The van der Waals surface area contributed by atoms with Gasteiger partial charge in [0.05, 0.1) is 18.4 Å². The number of nitrogens with zero attached hydrogens (tertiary/aromatic N) is 1. The Morgan fingerprint density at radius 3 is 2.52 bits per heavy atom. The van der Waals surface area contributed by atoms with Crippen molar-refractivity contribution in [1.29, 1.82) is 0 Å². The van der Waals surface area contributed by atoms with Gasteiger partial charge in [0.15, 0.2) is 0 Å². The molecule has 5 nitrogen and oxygen atoms in total. The molecule has 3 rings (SSSR count). The van der Waals surface area contributed by atoms with Crippen molar-refractivity contribution in [2.24, 2.45) is 0 Å². The molecule has 0 bridgehead atoms. The summed E-state index contributed by atoms with van der Waals surface area (Å²) in [4.78, 5) is 27.6. The molecule has 160 valence electrons. The monoisotopic (exact) mass is 438 g/mol. The number of benzene rings is 3. The van der Waals surface area contributed by atoms with E-state index in [1.165, 1.54) is 23.9 Å². The number of nitrogens with one attached hydrogen (secondary N) is 1. The highest BCUT2D eigenvalue weighted by atomic mass is 32.2. The first kappa shape index (κ1) is 22.4. The molecule has 0 unspecified atom stereocenters. The molecule has 0 heterocycles. The molecule has 0 fully saturated rings. The number of amides is 2. The first-order valence-corrected chi connectivity index (χ1v) is 10.6. The van der Waals surface area contributed by atoms with E-state index in [0.29, 0.717) is 23.5 Å². The summed E-state index contributed by atoms with van der Waals surface area (Å²) in [5, 5.41) is 2.83. The maximum Gasteiger partial charge on any atom is 0.255 e. The number of ether oxygens (including phenoxy) is 1. The summed E-state index contributed by atoms with van der Waals surface area (Å²) in [7, 11) is 3.26. The first-order valence-electron chi connectivity index (χ1n) is 9.62. The third kappa shape index (κ3) is 6.33. The molecular formula is C24H23FN2O3S. The molecule has 2 amide bonds. The topological polar surface area (TPSA) is 58.6 Å². The second-order valence-electron chi connectivity index (χ2n) is 6.85. The average Bonchev–Trinajstić information content (AvgIpc) is 2.79. The highest BCUT2D eigenvalue weighted by Crippen LogP contribution is 2.25. The van der Waals surface area contributed by atoms with Gasteiger partial charge in [-0.3, -0.25) is 9.59 Å². The van der Waals surface area contributed by atoms with Crippen LogP contribution in [0.15, 0.2) is 77.7 Å². The van der Waals surface area contributed by atoms with Gasteiger partial charge in [-0.25, -0.2) is 4.39 Å². The Hall–Kier alpha value is -3.32. The predicted molar refractivity (Wildman–Crippen MR) is 121 cm³/mol. The van der Waals surface area contributed by atoms with Gasteiger partial charge in [0.1, 0.15) is 11.6 Å². The van der Waals surface area contributed by atoms with E-state index in [1.807, 2.05) is 12.1 Å². The van der Waals surface area contributed by atoms with Gasteiger partial charge >= 0.3 is 0 Å². The molecule has 0 saturated carbocycles. The number of anilines is 1. The summed E-state index contributed by atoms with van der Waals surface area (Å²) >= 11 is 1.30. The van der Waals surface area contributed by atoms with Gasteiger partial charge in [0.2, 0.25) is 5.91 Å². The number of thioether (sulfide) groups is 1. The second kappa shape index (κ2) is 10.6. The molecular weight excluding hydrogens is 415 g/mol. The van der Waals surface area contributed by atoms with Crippen LogP contribution >= 0.6 is 11.8 Å². The van der Waals surface area contributed by atoms with Crippen molar-refractivity contribution in [2.75, 3.05) is 25.2 Å². The highest BCUT2D eigenvalue weighted by Gasteiger charge is 2.17. The molecule has 31 heavy (non-hydrogen) atoms. The second-order valence-corrected chi connectivity index (χ2v) is 7.87. The minimum atomic E-state index is -0.313. The number of halogens is 1. The molecule has 0 spiro atoms. The van der Waals surface area contributed by atoms with Gasteiger partial charge in [-0.05, 0) is 42.0 Å². The van der Waals surface area contributed by atoms with E-state index in [4.69, 9.17) is 4.74 Å². The molecule has 0 radical (unpaired) electrons. The number of carbonyl (C=O) groups is 2. The fraction of sp³-hybridized carbons (Fsp3) is 0.167. The number of methoxy groups -OCH3 is 1. The van der Waals surface area contributed by atoms with Crippen molar-refractivity contribution >= 4 is 29.3 Å². The Morgan fingerprint density at radius 1 is 1.03 bits per heavy atom. The predicted octanol–water partition coefficient (Wildman–Crippen LogP) is 4.84. The van der Waals surface area contributed by atoms with Crippen LogP contribution in [0.25, 0.3) is 0 Å². The average molecular weight is 439 g/mol. The summed E-state index contributed by atoms with van der Waals surface area (Å²) in [5.41, 5.74) is 2.00. The van der Waals surface area contributed by atoms with Crippen LogP contribution in [0.4, 0.5) is 10.1 Å². The first-order chi connectivity index (χ1) is 15.0. The lowest BCUT2D eigenvalue weighted by atomic mass is 10.1. The number of carbonyl (C=O) groups excluding carboxylic acids is 2. The van der Waals surface area contributed by atoms with Crippen LogP contribution in [-0.4, -0.2) is 36.6 Å². The van der Waals surface area contributed by atoms with Gasteiger partial charge in [0, 0.05) is 30.2 Å². The fourth-order valence-corrected chi connectivity index (χ4v) is 3.80. The van der Waals surface area contributed by atoms with Gasteiger partial charge in [-0.15, -0.1) is 11.8 Å². The Morgan fingerprint density at radius 2 is 1.77 bits per heavy atom. The van der Waals surface area contributed by atoms with Gasteiger partial charge < -0.3 is 15.0 Å². The summed E-state index contributed by atoms with van der Waals surface area (Å²) in [5.74, 6) is 0.154. The molecule has 0 aromatic heterocycles. The third-order valence-corrected chi connectivity index (χ3v) is 5.58. The van der Waals surface area contributed by atoms with Crippen molar-refractivity contribution in [3.8, 4) is 5.75 Å². The van der Waals surface area contributed by atoms with Crippen molar-refractivity contribution in [3.63, 3.8) is 0 Å². The molecule has 7 heteroatoms. The van der Waals surface area contributed by atoms with E-state index < -0.39 is 0 Å². The van der Waals surface area contributed by atoms with Crippen molar-refractivity contribution in [2.45, 2.75) is 11.4 Å². The van der Waals surface area contributed by atoms with Crippen molar-refractivity contribution < 1.29 is 18.7 Å². The zero-order chi connectivity index (χ0) is 22.2. The zero-order valence-electron chi connectivity index (χ0n) is 17.3. The highest BCUT2D eigenvalue weighted by molar-refractivity contribution is 8.00. The number of hydrogen-bond acceptors (Lipinski definition) is 4. The van der Waals surface area contributed by atoms with Gasteiger partial charge in [0.25, 0.3) is 5.91 Å². The van der Waals surface area contributed by atoms with Crippen LogP contribution in [0.1, 0.15) is 15.9 Å². The van der Waals surface area contributed by atoms with Crippen LogP contribution in [0.2, 0.25) is 0 Å². The van der Waals surface area contributed by atoms with E-state index in [2.05, 4.69) is 5.32 Å². The van der Waals surface area contributed by atoms with E-state index in [1.54, 1.807) is 67.6 Å². The molecule has 0 aliphatic rings. The SMILES string of the molecule is COc1cccc(NC(=O)CSc2ccccc2C(=O)N(C)Cc2ccc(F)cc2)c1. The van der Waals surface area contributed by atoms with Gasteiger partial charge in [-0.2, -0.15) is 0 Å². The van der Waals surface area contributed by atoms with E-state index >= 15 is 0 Å². The Balaban J connectivity index is 1.63. The summed E-state index contributed by atoms with van der Waals surface area (Å²) < 4.78 is 18.3. The summed E-state index contributed by atoms with van der Waals surface area (Å²) in [6, 6.07) is 20.4. The molecule has 0 atom stereocenters. The normalized spacial score (nSPS) is 10.4. The lowest BCUT2D eigenvalue weighted by Gasteiger charge is -2.19. The Bertz CT molecular complexity index is 1060. The maximum atomic E-state index is 13.1. The fourth-order valence-electron chi connectivity index (χ4n) is 2.95. The standard InChI is InChI=1S/C24H23FN2O3S/c1-27(15-17-10-12-18(25)13-11-17)24(29)21-8-3-4-9-22(21)31-16-23(28)26-19-6-5-7-20(14-19)30-2/h3-14H,15-16H2,1-2H3,(H,26,28). The molecule has 0 saturated heterocycles. The van der Waals surface area contributed by atoms with Crippen LogP contribution < -0.4 is 10.1 Å². The van der Waals surface area contributed by atoms with Gasteiger partial charge in [-0.1, -0.05) is 30.3 Å². The molecule has 3 aromatic carbocycles. The quantitative estimate of drug-likeness (QED) is 0.512. The lowest BCUT2D eigenvalue weighted by molar-refractivity contribution is -0.113. The Labute approximate surface area is 185 Å². The van der Waals surface area contributed by atoms with E-state index in [9.17, 15) is 14.0 Å². The van der Waals surface area contributed by atoms with Crippen LogP contribution in [-0.2, 0) is 11.3 Å². The summed E-state index contributed by atoms with van der Waals surface area (Å²) in [6.07, 6.45) is 0. The number of rotatable bonds is 8. The third-order valence-electron chi connectivity index (χ3n) is 4.51. The zero-order valence-corrected chi connectivity index (χ0v) is 18.1. The van der Waals surface area contributed by atoms with E-state index in [0.717, 1.165) is 10.5 Å². The van der Waals surface area contributed by atoms with Crippen molar-refractivity contribution in [3.05, 3.63) is 89.7 Å². The largest absolute Gasteiger partial charge is 0.497 e. The van der Waals surface area contributed by atoms with Crippen LogP contribution in [0.3, 0.4) is 0 Å². The molecule has 0 aliphatic carbocycles. The molecule has 1 N–H and O–H groups in total. The molecule has 3 aromatic rings. The molecule has 0 aliphatic heterocycles. The van der Waals surface area contributed by atoms with Crippen LogP contribution in [0, 0.1) is 5.82 Å². The minimum absolute atomic E-state index is 0.156. The number of hydrogen-bond donors (Lipinski definition) is 1. The minimum Gasteiger partial charge on any atom is -0.497 e. The maximum absolute atomic E-state index is 13.1. The van der Waals surface area contributed by atoms with E-state index in [-0.39, 0.29) is 23.4 Å². The van der Waals surface area contributed by atoms with Crippen molar-refractivity contribution in [1.82, 2.24) is 4.90 Å². The lowest BCUT2D eigenvalue weighted by Crippen LogP contribution is -2.26. The van der Waals surface area contributed by atoms with Crippen LogP contribution in [0.5, 0.6) is 5.75 Å².